The summed E-state index contributed by atoms with van der Waals surface area (Å²) >= 11 is 0. The number of benzene rings is 1. The Kier molecular flexibility index (Phi) is 5.16. The summed E-state index contributed by atoms with van der Waals surface area (Å²) in [6.45, 7) is 3.59. The highest BCUT2D eigenvalue weighted by Gasteiger charge is 2.26. The summed E-state index contributed by atoms with van der Waals surface area (Å²) in [5.74, 6) is 1.13. The van der Waals surface area contributed by atoms with Gasteiger partial charge in [-0.15, -0.1) is 0 Å². The molecular weight excluding hydrogens is 356 g/mol. The van der Waals surface area contributed by atoms with Gasteiger partial charge in [-0.05, 0) is 36.6 Å². The van der Waals surface area contributed by atoms with Gasteiger partial charge in [0.05, 0.1) is 13.0 Å². The molecule has 144 valence electrons. The molecule has 3 aromatic rings. The lowest BCUT2D eigenvalue weighted by Crippen LogP contribution is -2.36. The first kappa shape index (κ1) is 18.3. The molecule has 1 aliphatic heterocycles. The number of carbonyl (C=O) groups excluding carboxylic acids is 1. The van der Waals surface area contributed by atoms with E-state index in [1.807, 2.05) is 48.4 Å². The van der Waals surface area contributed by atoms with E-state index in [1.165, 1.54) is 0 Å². The topological polar surface area (TPSA) is 81.4 Å². The molecule has 0 bridgehead atoms. The minimum Gasteiger partial charge on any atom is -0.384 e. The van der Waals surface area contributed by atoms with Gasteiger partial charge in [0.15, 0.2) is 0 Å². The highest BCUT2D eigenvalue weighted by Crippen LogP contribution is 2.32. The van der Waals surface area contributed by atoms with Gasteiger partial charge >= 0.3 is 0 Å². The molecule has 1 amide bonds. The smallest absolute Gasteiger partial charge is 0.258 e. The lowest BCUT2D eigenvalue weighted by atomic mass is 9.94. The third-order valence-corrected chi connectivity index (χ3v) is 5.00. The largest absolute Gasteiger partial charge is 0.384 e. The van der Waals surface area contributed by atoms with Crippen molar-refractivity contribution in [3.05, 3.63) is 53.3 Å². The van der Waals surface area contributed by atoms with Gasteiger partial charge in [0, 0.05) is 43.2 Å². The number of hydrogen-bond donors (Lipinski definition) is 0. The summed E-state index contributed by atoms with van der Waals surface area (Å²) in [5.41, 5.74) is 4.82. The van der Waals surface area contributed by atoms with Gasteiger partial charge in [-0.25, -0.2) is 0 Å². The van der Waals surface area contributed by atoms with Gasteiger partial charge in [0.1, 0.15) is 0 Å². The monoisotopic (exact) mass is 378 g/mol. The van der Waals surface area contributed by atoms with Gasteiger partial charge in [0.2, 0.25) is 11.7 Å². The van der Waals surface area contributed by atoms with Crippen LogP contribution in [0.15, 0.2) is 41.1 Å². The van der Waals surface area contributed by atoms with Crippen LogP contribution in [0.4, 0.5) is 0 Å². The van der Waals surface area contributed by atoms with Gasteiger partial charge in [-0.2, -0.15) is 4.98 Å². The second-order valence-electron chi connectivity index (χ2n) is 6.82. The molecule has 7 heteroatoms. The van der Waals surface area contributed by atoms with Crippen LogP contribution < -0.4 is 0 Å². The highest BCUT2D eigenvalue weighted by molar-refractivity contribution is 5.77. The van der Waals surface area contributed by atoms with Crippen LogP contribution in [-0.4, -0.2) is 46.2 Å². The first-order chi connectivity index (χ1) is 13.7. The molecule has 0 saturated carbocycles. The second-order valence-corrected chi connectivity index (χ2v) is 6.82. The third-order valence-electron chi connectivity index (χ3n) is 5.00. The van der Waals surface area contributed by atoms with Crippen molar-refractivity contribution in [3.63, 3.8) is 0 Å². The number of amides is 1. The Morgan fingerprint density at radius 2 is 2.11 bits per heavy atom. The van der Waals surface area contributed by atoms with Crippen molar-refractivity contribution in [2.45, 2.75) is 26.3 Å². The quantitative estimate of drug-likeness (QED) is 0.679. The number of ether oxygens (including phenoxy) is 1. The lowest BCUT2D eigenvalue weighted by Gasteiger charge is -2.30. The Morgan fingerprint density at radius 1 is 1.29 bits per heavy atom. The zero-order chi connectivity index (χ0) is 19.5. The first-order valence-corrected chi connectivity index (χ1v) is 9.31. The number of fused-ring (bicyclic) bond motifs is 1. The minimum atomic E-state index is 0.0977. The summed E-state index contributed by atoms with van der Waals surface area (Å²) in [6.07, 6.45) is 2.98. The Morgan fingerprint density at radius 3 is 2.89 bits per heavy atom. The molecule has 0 spiro atoms. The van der Waals surface area contributed by atoms with E-state index in [-0.39, 0.29) is 5.91 Å². The van der Waals surface area contributed by atoms with Crippen molar-refractivity contribution in [1.82, 2.24) is 20.0 Å². The Hall–Kier alpha value is -3.06. The Labute approximate surface area is 163 Å². The predicted molar refractivity (Wildman–Crippen MR) is 103 cm³/mol. The molecular formula is C21H22N4O3. The van der Waals surface area contributed by atoms with Gasteiger partial charge < -0.3 is 14.2 Å². The maximum Gasteiger partial charge on any atom is 0.258 e. The van der Waals surface area contributed by atoms with Crippen molar-refractivity contribution in [2.24, 2.45) is 0 Å². The molecule has 1 aromatic carbocycles. The average Bonchev–Trinajstić information content (AvgIpc) is 3.22. The van der Waals surface area contributed by atoms with Crippen LogP contribution in [-0.2, 0) is 22.5 Å². The normalized spacial score (nSPS) is 13.4. The van der Waals surface area contributed by atoms with Crippen molar-refractivity contribution in [1.29, 1.82) is 0 Å². The van der Waals surface area contributed by atoms with Gasteiger partial charge in [0.25, 0.3) is 5.89 Å². The molecule has 0 aliphatic carbocycles. The van der Waals surface area contributed by atoms with Crippen LogP contribution in [0.5, 0.6) is 0 Å². The summed E-state index contributed by atoms with van der Waals surface area (Å²) < 4.78 is 10.5. The van der Waals surface area contributed by atoms with Crippen molar-refractivity contribution < 1.29 is 14.1 Å². The van der Waals surface area contributed by atoms with Crippen molar-refractivity contribution in [3.8, 4) is 22.8 Å². The number of hydrogen-bond acceptors (Lipinski definition) is 6. The van der Waals surface area contributed by atoms with E-state index >= 15 is 0 Å². The molecule has 0 atom stereocenters. The van der Waals surface area contributed by atoms with Crippen LogP contribution in [0, 0.1) is 6.92 Å². The maximum atomic E-state index is 12.3. The summed E-state index contributed by atoms with van der Waals surface area (Å²) in [6, 6.07) is 9.69. The Balaban J connectivity index is 1.64. The zero-order valence-electron chi connectivity index (χ0n) is 16.0. The number of methoxy groups -OCH3 is 1. The predicted octanol–water partition coefficient (Wildman–Crippen LogP) is 3.03. The summed E-state index contributed by atoms with van der Waals surface area (Å²) in [7, 11) is 1.60. The van der Waals surface area contributed by atoms with E-state index in [2.05, 4.69) is 15.1 Å². The van der Waals surface area contributed by atoms with E-state index in [1.54, 1.807) is 7.11 Å². The fourth-order valence-corrected chi connectivity index (χ4v) is 3.53. The second kappa shape index (κ2) is 7.90. The molecule has 0 fully saturated rings. The van der Waals surface area contributed by atoms with E-state index in [4.69, 9.17) is 9.26 Å². The van der Waals surface area contributed by atoms with E-state index < -0.39 is 0 Å². The van der Waals surface area contributed by atoms with Crippen LogP contribution >= 0.6 is 0 Å². The zero-order valence-corrected chi connectivity index (χ0v) is 16.0. The van der Waals surface area contributed by atoms with Crippen LogP contribution in [0.1, 0.15) is 23.2 Å². The van der Waals surface area contributed by atoms with Crippen LogP contribution in [0.25, 0.3) is 22.8 Å². The fourth-order valence-electron chi connectivity index (χ4n) is 3.53. The number of pyridine rings is 1. The molecule has 0 N–H and O–H groups in total. The fraction of sp³-hybridized carbons (Fsp3) is 0.333. The molecule has 1 aliphatic rings. The standard InChI is InChI=1S/C21H22N4O3/c1-14-19(20-23-21(28-24-20)15-6-4-3-5-7-15)17-8-10-25(13-16(17)12-22-14)18(26)9-11-27-2/h3-7,12H,8-11,13H2,1-2H3. The third kappa shape index (κ3) is 3.53. The molecule has 0 saturated heterocycles. The summed E-state index contributed by atoms with van der Waals surface area (Å²) in [4.78, 5) is 23.3. The number of rotatable bonds is 5. The van der Waals surface area contributed by atoms with Crippen molar-refractivity contribution >= 4 is 5.91 Å². The van der Waals surface area contributed by atoms with Crippen LogP contribution in [0.3, 0.4) is 0 Å². The average molecular weight is 378 g/mol. The number of nitrogens with zero attached hydrogens (tertiary/aromatic N) is 4. The molecule has 2 aromatic heterocycles. The number of aromatic nitrogens is 3. The van der Waals surface area contributed by atoms with Gasteiger partial charge in [-0.1, -0.05) is 23.4 Å². The molecule has 0 radical (unpaired) electrons. The Bertz CT molecular complexity index is 985. The van der Waals surface area contributed by atoms with Crippen LogP contribution in [0.2, 0.25) is 0 Å². The maximum absolute atomic E-state index is 12.3. The van der Waals surface area contributed by atoms with Crippen molar-refractivity contribution in [2.75, 3.05) is 20.3 Å². The molecule has 3 heterocycles. The minimum absolute atomic E-state index is 0.0977. The van der Waals surface area contributed by atoms with Gasteiger partial charge in [-0.3, -0.25) is 9.78 Å². The summed E-state index contributed by atoms with van der Waals surface area (Å²) in [5, 5.41) is 4.20. The van der Waals surface area contributed by atoms with E-state index in [0.717, 1.165) is 34.4 Å². The highest BCUT2D eigenvalue weighted by atomic mass is 16.5. The lowest BCUT2D eigenvalue weighted by molar-refractivity contribution is -0.133. The number of aryl methyl sites for hydroxylation is 1. The molecule has 28 heavy (non-hydrogen) atoms. The molecule has 0 unspecified atom stereocenters. The SMILES string of the molecule is COCCC(=O)N1CCc2c(cnc(C)c2-c2noc(-c3ccccc3)n2)C1. The van der Waals surface area contributed by atoms with E-state index in [0.29, 0.717) is 37.8 Å². The molecule has 7 nitrogen and oxygen atoms in total. The molecule has 4 rings (SSSR count). The van der Waals surface area contributed by atoms with E-state index in [9.17, 15) is 4.79 Å². The number of carbonyl (C=O) groups is 1. The first-order valence-electron chi connectivity index (χ1n) is 9.31.